The standard InChI is InChI=1S/C15H15ClFNO/c1-9-4-3-5-12(14(9)16)15(18)11-7-6-10(19-2)8-13(11)17/h3-8,15H,18H2,1-2H3. The number of methoxy groups -OCH3 is 1. The lowest BCUT2D eigenvalue weighted by molar-refractivity contribution is 0.410. The van der Waals surface area contributed by atoms with E-state index in [1.165, 1.54) is 13.2 Å². The summed E-state index contributed by atoms with van der Waals surface area (Å²) in [7, 11) is 1.49. The highest BCUT2D eigenvalue weighted by Crippen LogP contribution is 2.31. The number of hydrogen-bond donors (Lipinski definition) is 1. The number of aryl methyl sites for hydroxylation is 1. The Morgan fingerprint density at radius 3 is 2.58 bits per heavy atom. The Morgan fingerprint density at radius 1 is 1.21 bits per heavy atom. The lowest BCUT2D eigenvalue weighted by Crippen LogP contribution is -2.14. The first kappa shape index (κ1) is 13.8. The molecule has 2 nitrogen and oxygen atoms in total. The minimum atomic E-state index is -0.599. The van der Waals surface area contributed by atoms with Crippen LogP contribution in [0.5, 0.6) is 5.75 Å². The van der Waals surface area contributed by atoms with Gasteiger partial charge in [0, 0.05) is 16.7 Å². The topological polar surface area (TPSA) is 35.2 Å². The Balaban J connectivity index is 2.44. The van der Waals surface area contributed by atoms with Crippen LogP contribution in [-0.4, -0.2) is 7.11 Å². The van der Waals surface area contributed by atoms with Crippen LogP contribution in [-0.2, 0) is 0 Å². The second kappa shape index (κ2) is 5.59. The molecular weight excluding hydrogens is 265 g/mol. The van der Waals surface area contributed by atoms with Crippen LogP contribution in [0.2, 0.25) is 5.02 Å². The molecule has 4 heteroatoms. The molecule has 100 valence electrons. The van der Waals surface area contributed by atoms with Crippen LogP contribution in [0, 0.1) is 12.7 Å². The highest BCUT2D eigenvalue weighted by molar-refractivity contribution is 6.32. The molecule has 0 heterocycles. The predicted octanol–water partition coefficient (Wildman–Crippen LogP) is 3.84. The highest BCUT2D eigenvalue weighted by Gasteiger charge is 2.17. The lowest BCUT2D eigenvalue weighted by Gasteiger charge is -2.16. The zero-order valence-corrected chi connectivity index (χ0v) is 11.5. The van der Waals surface area contributed by atoms with E-state index in [0.717, 1.165) is 5.56 Å². The second-order valence-electron chi connectivity index (χ2n) is 4.34. The van der Waals surface area contributed by atoms with Crippen LogP contribution in [0.4, 0.5) is 4.39 Å². The summed E-state index contributed by atoms with van der Waals surface area (Å²) in [4.78, 5) is 0. The van der Waals surface area contributed by atoms with Crippen LogP contribution in [0.25, 0.3) is 0 Å². The van der Waals surface area contributed by atoms with Gasteiger partial charge in [-0.15, -0.1) is 0 Å². The highest BCUT2D eigenvalue weighted by atomic mass is 35.5. The summed E-state index contributed by atoms with van der Waals surface area (Å²) >= 11 is 6.22. The van der Waals surface area contributed by atoms with Crippen LogP contribution in [0.1, 0.15) is 22.7 Å². The molecule has 2 rings (SSSR count). The molecule has 1 unspecified atom stereocenters. The van der Waals surface area contributed by atoms with Gasteiger partial charge in [-0.2, -0.15) is 0 Å². The van der Waals surface area contributed by atoms with E-state index in [1.54, 1.807) is 12.1 Å². The third-order valence-corrected chi connectivity index (χ3v) is 3.62. The summed E-state index contributed by atoms with van der Waals surface area (Å²) in [5, 5.41) is 0.574. The van der Waals surface area contributed by atoms with Gasteiger partial charge in [0.2, 0.25) is 0 Å². The van der Waals surface area contributed by atoms with Crippen molar-refractivity contribution in [2.75, 3.05) is 7.11 Å². The quantitative estimate of drug-likeness (QED) is 0.926. The van der Waals surface area contributed by atoms with E-state index in [1.807, 2.05) is 25.1 Å². The number of halogens is 2. The maximum absolute atomic E-state index is 14.0. The smallest absolute Gasteiger partial charge is 0.132 e. The Labute approximate surface area is 117 Å². The van der Waals surface area contributed by atoms with E-state index in [2.05, 4.69) is 0 Å². The zero-order chi connectivity index (χ0) is 14.0. The molecular formula is C15H15ClFNO. The van der Waals surface area contributed by atoms with E-state index >= 15 is 0 Å². The van der Waals surface area contributed by atoms with Crippen molar-refractivity contribution in [3.8, 4) is 5.75 Å². The first-order chi connectivity index (χ1) is 9.04. The third kappa shape index (κ3) is 2.72. The first-order valence-electron chi connectivity index (χ1n) is 5.88. The van der Waals surface area contributed by atoms with Gasteiger partial charge < -0.3 is 10.5 Å². The molecule has 0 aliphatic carbocycles. The number of ether oxygens (including phenoxy) is 1. The molecule has 0 aliphatic heterocycles. The van der Waals surface area contributed by atoms with Crippen molar-refractivity contribution in [3.63, 3.8) is 0 Å². The predicted molar refractivity (Wildman–Crippen MR) is 75.2 cm³/mol. The summed E-state index contributed by atoms with van der Waals surface area (Å²) in [6.45, 7) is 1.89. The summed E-state index contributed by atoms with van der Waals surface area (Å²) in [5.74, 6) is 0.0632. The first-order valence-corrected chi connectivity index (χ1v) is 6.26. The Kier molecular flexibility index (Phi) is 4.08. The SMILES string of the molecule is COc1ccc(C(N)c2cccc(C)c2Cl)c(F)c1. The Bertz CT molecular complexity index is 601. The van der Waals surface area contributed by atoms with Gasteiger partial charge in [-0.25, -0.2) is 4.39 Å². The van der Waals surface area contributed by atoms with Crippen LogP contribution in [0.3, 0.4) is 0 Å². The summed E-state index contributed by atoms with van der Waals surface area (Å²) in [5.41, 5.74) is 8.14. The fourth-order valence-corrected chi connectivity index (χ4v) is 2.21. The fourth-order valence-electron chi connectivity index (χ4n) is 1.96. The van der Waals surface area contributed by atoms with Crippen molar-refractivity contribution in [1.82, 2.24) is 0 Å². The molecule has 0 amide bonds. The van der Waals surface area contributed by atoms with E-state index in [4.69, 9.17) is 22.1 Å². The average molecular weight is 280 g/mol. The zero-order valence-electron chi connectivity index (χ0n) is 10.8. The summed E-state index contributed by atoms with van der Waals surface area (Å²) in [6.07, 6.45) is 0. The largest absolute Gasteiger partial charge is 0.497 e. The van der Waals surface area contributed by atoms with E-state index in [9.17, 15) is 4.39 Å². The van der Waals surface area contributed by atoms with Crippen molar-refractivity contribution >= 4 is 11.6 Å². The molecule has 0 fully saturated rings. The second-order valence-corrected chi connectivity index (χ2v) is 4.72. The van der Waals surface area contributed by atoms with Gasteiger partial charge in [0.1, 0.15) is 11.6 Å². The van der Waals surface area contributed by atoms with Gasteiger partial charge in [-0.05, 0) is 24.1 Å². The van der Waals surface area contributed by atoms with E-state index < -0.39 is 11.9 Å². The third-order valence-electron chi connectivity index (χ3n) is 3.10. The molecule has 1 atom stereocenters. The van der Waals surface area contributed by atoms with E-state index in [0.29, 0.717) is 21.9 Å². The molecule has 0 bridgehead atoms. The number of rotatable bonds is 3. The van der Waals surface area contributed by atoms with Crippen molar-refractivity contribution in [1.29, 1.82) is 0 Å². The minimum Gasteiger partial charge on any atom is -0.497 e. The van der Waals surface area contributed by atoms with Crippen LogP contribution >= 0.6 is 11.6 Å². The lowest BCUT2D eigenvalue weighted by atomic mass is 9.97. The fraction of sp³-hybridized carbons (Fsp3) is 0.200. The van der Waals surface area contributed by atoms with Gasteiger partial charge in [0.05, 0.1) is 13.2 Å². The number of benzene rings is 2. The number of hydrogen-bond acceptors (Lipinski definition) is 2. The molecule has 2 aromatic carbocycles. The van der Waals surface area contributed by atoms with Crippen LogP contribution < -0.4 is 10.5 Å². The van der Waals surface area contributed by atoms with Gasteiger partial charge >= 0.3 is 0 Å². The van der Waals surface area contributed by atoms with Crippen molar-refractivity contribution in [2.45, 2.75) is 13.0 Å². The monoisotopic (exact) mass is 279 g/mol. The summed E-state index contributed by atoms with van der Waals surface area (Å²) < 4.78 is 19.0. The number of nitrogens with two attached hydrogens (primary N) is 1. The Hall–Kier alpha value is -1.58. The molecule has 0 aromatic heterocycles. The van der Waals surface area contributed by atoms with Gasteiger partial charge in [0.25, 0.3) is 0 Å². The van der Waals surface area contributed by atoms with Crippen molar-refractivity contribution in [3.05, 3.63) is 63.9 Å². The normalized spacial score (nSPS) is 12.3. The molecule has 2 N–H and O–H groups in total. The maximum Gasteiger partial charge on any atom is 0.132 e. The van der Waals surface area contributed by atoms with Crippen LogP contribution in [0.15, 0.2) is 36.4 Å². The minimum absolute atomic E-state index is 0.397. The molecule has 19 heavy (non-hydrogen) atoms. The molecule has 2 aromatic rings. The summed E-state index contributed by atoms with van der Waals surface area (Å²) in [6, 6.07) is 9.58. The van der Waals surface area contributed by atoms with Crippen molar-refractivity contribution < 1.29 is 9.13 Å². The Morgan fingerprint density at radius 2 is 1.95 bits per heavy atom. The average Bonchev–Trinajstić information content (AvgIpc) is 2.41. The van der Waals surface area contributed by atoms with Crippen molar-refractivity contribution in [2.24, 2.45) is 5.73 Å². The van der Waals surface area contributed by atoms with Gasteiger partial charge in [0.15, 0.2) is 0 Å². The molecule has 0 aliphatic rings. The van der Waals surface area contributed by atoms with Gasteiger partial charge in [-0.3, -0.25) is 0 Å². The molecule has 0 radical (unpaired) electrons. The molecule has 0 saturated heterocycles. The maximum atomic E-state index is 14.0. The van der Waals surface area contributed by atoms with Gasteiger partial charge in [-0.1, -0.05) is 35.9 Å². The van der Waals surface area contributed by atoms with E-state index in [-0.39, 0.29) is 0 Å². The molecule has 0 saturated carbocycles. The molecule has 0 spiro atoms.